The van der Waals surface area contributed by atoms with Crippen LogP contribution in [-0.2, 0) is 14.3 Å². The van der Waals surface area contributed by atoms with E-state index < -0.39 is 11.6 Å². The van der Waals surface area contributed by atoms with Crippen LogP contribution in [0, 0.1) is 5.92 Å². The number of hydrogen-bond acceptors (Lipinski definition) is 3. The van der Waals surface area contributed by atoms with Crippen molar-refractivity contribution in [3.63, 3.8) is 0 Å². The van der Waals surface area contributed by atoms with Gasteiger partial charge in [-0.25, -0.2) is 0 Å². The van der Waals surface area contributed by atoms with Gasteiger partial charge in [-0.15, -0.1) is 0 Å². The summed E-state index contributed by atoms with van der Waals surface area (Å²) >= 11 is 0. The average molecular weight is 283 g/mol. The lowest BCUT2D eigenvalue weighted by atomic mass is 9.85. The first kappa shape index (κ1) is 15.3. The maximum atomic E-state index is 12.5. The van der Waals surface area contributed by atoms with E-state index in [2.05, 4.69) is 5.32 Å². The fourth-order valence-corrected chi connectivity index (χ4v) is 3.46. The highest BCUT2D eigenvalue weighted by atomic mass is 16.5. The highest BCUT2D eigenvalue weighted by Crippen LogP contribution is 2.34. The quantitative estimate of drug-likeness (QED) is 0.810. The summed E-state index contributed by atoms with van der Waals surface area (Å²) in [7, 11) is 0. The number of rotatable bonds is 5. The predicted octanol–water partition coefficient (Wildman–Crippen LogP) is 2.10. The van der Waals surface area contributed by atoms with E-state index in [4.69, 9.17) is 9.84 Å². The van der Waals surface area contributed by atoms with Gasteiger partial charge >= 0.3 is 5.97 Å². The van der Waals surface area contributed by atoms with Crippen LogP contribution in [0.3, 0.4) is 0 Å². The maximum absolute atomic E-state index is 12.5. The zero-order valence-corrected chi connectivity index (χ0v) is 12.2. The molecule has 0 aliphatic heterocycles. The Morgan fingerprint density at radius 3 is 2.30 bits per heavy atom. The van der Waals surface area contributed by atoms with E-state index in [-0.39, 0.29) is 17.9 Å². The summed E-state index contributed by atoms with van der Waals surface area (Å²) in [5, 5.41) is 12.1. The summed E-state index contributed by atoms with van der Waals surface area (Å²) in [4.78, 5) is 23.4. The zero-order valence-electron chi connectivity index (χ0n) is 12.2. The van der Waals surface area contributed by atoms with E-state index in [1.54, 1.807) is 0 Å². The van der Waals surface area contributed by atoms with Crippen molar-refractivity contribution < 1.29 is 19.4 Å². The van der Waals surface area contributed by atoms with Gasteiger partial charge in [-0.3, -0.25) is 9.59 Å². The van der Waals surface area contributed by atoms with Gasteiger partial charge < -0.3 is 15.2 Å². The number of ether oxygens (including phenoxy) is 1. The van der Waals surface area contributed by atoms with Crippen molar-refractivity contribution in [2.75, 3.05) is 6.61 Å². The van der Waals surface area contributed by atoms with Gasteiger partial charge in [0.2, 0.25) is 0 Å². The second kappa shape index (κ2) is 6.57. The Balaban J connectivity index is 1.87. The van der Waals surface area contributed by atoms with Crippen molar-refractivity contribution in [1.29, 1.82) is 0 Å². The van der Waals surface area contributed by atoms with Crippen LogP contribution in [0.25, 0.3) is 0 Å². The molecule has 0 saturated heterocycles. The third-order valence-corrected chi connectivity index (χ3v) is 4.66. The van der Waals surface area contributed by atoms with Crippen LogP contribution in [0.1, 0.15) is 58.3 Å². The van der Waals surface area contributed by atoms with E-state index in [0.29, 0.717) is 19.4 Å². The second-order valence-corrected chi connectivity index (χ2v) is 5.99. The fraction of sp³-hybridized carbons (Fsp3) is 0.867. The first-order valence-electron chi connectivity index (χ1n) is 7.75. The van der Waals surface area contributed by atoms with Crippen molar-refractivity contribution in [3.8, 4) is 0 Å². The van der Waals surface area contributed by atoms with E-state index >= 15 is 0 Å². The average Bonchev–Trinajstić information content (AvgIpc) is 2.89. The van der Waals surface area contributed by atoms with Crippen LogP contribution in [0.2, 0.25) is 0 Å². The van der Waals surface area contributed by atoms with Gasteiger partial charge in [0.1, 0.15) is 5.60 Å². The Hall–Kier alpha value is -1.10. The van der Waals surface area contributed by atoms with Gasteiger partial charge in [-0.05, 0) is 58.3 Å². The van der Waals surface area contributed by atoms with E-state index in [9.17, 15) is 9.59 Å². The molecule has 0 radical (unpaired) electrons. The largest absolute Gasteiger partial charge is 0.481 e. The monoisotopic (exact) mass is 283 g/mol. The maximum Gasteiger partial charge on any atom is 0.306 e. The smallest absolute Gasteiger partial charge is 0.306 e. The third kappa shape index (κ3) is 3.32. The molecule has 0 atom stereocenters. The molecule has 5 nitrogen and oxygen atoms in total. The molecular formula is C15H25NO4. The Kier molecular flexibility index (Phi) is 5.02. The molecule has 20 heavy (non-hydrogen) atoms. The van der Waals surface area contributed by atoms with Crippen molar-refractivity contribution in [2.45, 2.75) is 69.9 Å². The molecule has 1 amide bonds. The molecule has 2 aliphatic carbocycles. The lowest BCUT2D eigenvalue weighted by Gasteiger charge is -2.32. The molecule has 0 bridgehead atoms. The number of carbonyl (C=O) groups excluding carboxylic acids is 1. The van der Waals surface area contributed by atoms with Crippen LogP contribution in [0.4, 0.5) is 0 Å². The van der Waals surface area contributed by atoms with Crippen LogP contribution in [0.15, 0.2) is 0 Å². The number of carbonyl (C=O) groups is 2. The highest BCUT2D eigenvalue weighted by Gasteiger charge is 2.42. The Bertz CT molecular complexity index is 355. The number of hydrogen-bond donors (Lipinski definition) is 2. The van der Waals surface area contributed by atoms with Crippen molar-refractivity contribution in [2.24, 2.45) is 5.92 Å². The molecule has 0 unspecified atom stereocenters. The zero-order chi connectivity index (χ0) is 14.6. The Morgan fingerprint density at radius 2 is 1.80 bits per heavy atom. The number of carboxylic acids is 1. The number of amides is 1. The summed E-state index contributed by atoms with van der Waals surface area (Å²) in [6, 6.07) is 0.107. The molecule has 2 rings (SSSR count). The van der Waals surface area contributed by atoms with Gasteiger partial charge in [0.05, 0.1) is 5.92 Å². The first-order chi connectivity index (χ1) is 9.57. The van der Waals surface area contributed by atoms with Gasteiger partial charge in [0.25, 0.3) is 5.91 Å². The molecule has 2 aliphatic rings. The molecule has 0 aromatic heterocycles. The number of carboxylic acid groups (broad SMARTS) is 1. The fourth-order valence-electron chi connectivity index (χ4n) is 3.46. The first-order valence-corrected chi connectivity index (χ1v) is 7.75. The molecule has 0 aromatic carbocycles. The lowest BCUT2D eigenvalue weighted by Crippen LogP contribution is -2.51. The molecule has 2 fully saturated rings. The number of nitrogens with one attached hydrogen (secondary N) is 1. The molecule has 0 spiro atoms. The van der Waals surface area contributed by atoms with Crippen LogP contribution >= 0.6 is 0 Å². The molecular weight excluding hydrogens is 258 g/mol. The lowest BCUT2D eigenvalue weighted by molar-refractivity contribution is -0.147. The summed E-state index contributed by atoms with van der Waals surface area (Å²) in [6.07, 6.45) is 6.51. The molecule has 5 heteroatoms. The molecule has 0 heterocycles. The second-order valence-electron chi connectivity index (χ2n) is 5.99. The van der Waals surface area contributed by atoms with Gasteiger partial charge in [0, 0.05) is 12.6 Å². The van der Waals surface area contributed by atoms with Gasteiger partial charge in [-0.1, -0.05) is 0 Å². The number of aliphatic carboxylic acids is 1. The molecule has 2 saturated carbocycles. The van der Waals surface area contributed by atoms with Crippen molar-refractivity contribution in [1.82, 2.24) is 5.32 Å². The van der Waals surface area contributed by atoms with Crippen LogP contribution in [-0.4, -0.2) is 35.2 Å². The van der Waals surface area contributed by atoms with Gasteiger partial charge in [0.15, 0.2) is 0 Å². The van der Waals surface area contributed by atoms with E-state index in [1.807, 2.05) is 6.92 Å². The molecule has 2 N–H and O–H groups in total. The highest BCUT2D eigenvalue weighted by molar-refractivity contribution is 5.85. The Labute approximate surface area is 120 Å². The predicted molar refractivity (Wildman–Crippen MR) is 74.3 cm³/mol. The van der Waals surface area contributed by atoms with Crippen molar-refractivity contribution >= 4 is 11.9 Å². The summed E-state index contributed by atoms with van der Waals surface area (Å²) < 4.78 is 5.75. The van der Waals surface area contributed by atoms with E-state index in [0.717, 1.165) is 38.5 Å². The molecule has 0 aromatic rings. The summed E-state index contributed by atoms with van der Waals surface area (Å²) in [6.45, 7) is 2.48. The third-order valence-electron chi connectivity index (χ3n) is 4.66. The van der Waals surface area contributed by atoms with Crippen LogP contribution in [0.5, 0.6) is 0 Å². The van der Waals surface area contributed by atoms with Crippen LogP contribution < -0.4 is 5.32 Å². The standard InChI is InChI=1S/C15H25NO4/c1-2-20-15(9-3-4-10-15)14(19)16-12-7-5-11(6-8-12)13(17)18/h11-12H,2-10H2,1H3,(H,16,19)(H,17,18). The van der Waals surface area contributed by atoms with Crippen molar-refractivity contribution in [3.05, 3.63) is 0 Å². The minimum absolute atomic E-state index is 0.00984. The molecule has 114 valence electrons. The minimum atomic E-state index is -0.712. The SMILES string of the molecule is CCOC1(C(=O)NC2CCC(C(=O)O)CC2)CCCC1. The Morgan fingerprint density at radius 1 is 1.20 bits per heavy atom. The van der Waals surface area contributed by atoms with E-state index in [1.165, 1.54) is 0 Å². The van der Waals surface area contributed by atoms with Gasteiger partial charge in [-0.2, -0.15) is 0 Å². The summed E-state index contributed by atoms with van der Waals surface area (Å²) in [5.41, 5.74) is -0.627. The topological polar surface area (TPSA) is 75.6 Å². The summed E-state index contributed by atoms with van der Waals surface area (Å²) in [5.74, 6) is -0.942. The normalized spacial score (nSPS) is 29.1. The minimum Gasteiger partial charge on any atom is -0.481 e.